The van der Waals surface area contributed by atoms with Crippen LogP contribution >= 0.6 is 0 Å². The van der Waals surface area contributed by atoms with Gasteiger partial charge in [0, 0.05) is 0 Å². The second-order valence-corrected chi connectivity index (χ2v) is 2.97. The van der Waals surface area contributed by atoms with Gasteiger partial charge >= 0.3 is 0 Å². The van der Waals surface area contributed by atoms with Gasteiger partial charge in [-0.05, 0) is 29.7 Å². The smallest absolute Gasteiger partial charge is 0.00196 e. The van der Waals surface area contributed by atoms with E-state index >= 15 is 0 Å². The van der Waals surface area contributed by atoms with Gasteiger partial charge in [-0.2, -0.15) is 0 Å². The van der Waals surface area contributed by atoms with E-state index < -0.39 is 0 Å². The van der Waals surface area contributed by atoms with Crippen molar-refractivity contribution in [1.29, 1.82) is 0 Å². The van der Waals surface area contributed by atoms with Crippen molar-refractivity contribution < 1.29 is 0 Å². The molecule has 0 saturated heterocycles. The summed E-state index contributed by atoms with van der Waals surface area (Å²) in [7, 11) is 0. The van der Waals surface area contributed by atoms with E-state index in [1.54, 1.807) is 0 Å². The maximum absolute atomic E-state index is 3.21. The molecule has 0 bridgehead atoms. The van der Waals surface area contributed by atoms with Gasteiger partial charge in [-0.3, -0.25) is 0 Å². The van der Waals surface area contributed by atoms with Gasteiger partial charge < -0.3 is 0 Å². The van der Waals surface area contributed by atoms with Crippen LogP contribution in [0.2, 0.25) is 0 Å². The van der Waals surface area contributed by atoms with Gasteiger partial charge in [0.15, 0.2) is 0 Å². The molecule has 0 aliphatic carbocycles. The van der Waals surface area contributed by atoms with Crippen molar-refractivity contribution in [3.05, 3.63) is 71.8 Å². The van der Waals surface area contributed by atoms with Crippen LogP contribution in [0.1, 0.15) is 11.1 Å². The zero-order valence-corrected chi connectivity index (χ0v) is 7.33. The Bertz CT molecular complexity index is 311. The first-order valence-electron chi connectivity index (χ1n) is 4.36. The van der Waals surface area contributed by atoms with Crippen LogP contribution in [0.25, 0.3) is 0 Å². The molecule has 2 radical (unpaired) electrons. The summed E-state index contributed by atoms with van der Waals surface area (Å²) in [6, 6.07) is 22.3. The number of hydrogen-bond donors (Lipinski definition) is 0. The molecule has 0 atom stereocenters. The van der Waals surface area contributed by atoms with Crippen LogP contribution in [0, 0.1) is 12.1 Å². The molecule has 0 N–H and O–H groups in total. The first-order chi connectivity index (χ1) is 6.45. The highest BCUT2D eigenvalue weighted by atomic mass is 14.0. The summed E-state index contributed by atoms with van der Waals surface area (Å²) >= 11 is 0. The van der Waals surface area contributed by atoms with Crippen LogP contribution in [0.3, 0.4) is 0 Å². The molecule has 0 fully saturated rings. The summed E-state index contributed by atoms with van der Waals surface area (Å²) in [6.07, 6.45) is 0.954. The number of hydrogen-bond acceptors (Lipinski definition) is 0. The van der Waals surface area contributed by atoms with E-state index in [0.717, 1.165) is 6.42 Å². The minimum Gasteiger partial charge on any atom is -0.0619 e. The third-order valence-corrected chi connectivity index (χ3v) is 1.96. The van der Waals surface area contributed by atoms with E-state index in [1.807, 2.05) is 30.3 Å². The molecule has 2 aromatic carbocycles. The van der Waals surface area contributed by atoms with Crippen LogP contribution in [-0.2, 0) is 6.42 Å². The van der Waals surface area contributed by atoms with E-state index in [4.69, 9.17) is 0 Å². The van der Waals surface area contributed by atoms with Gasteiger partial charge in [0.05, 0.1) is 0 Å². The Morgan fingerprint density at radius 3 is 2.46 bits per heavy atom. The molecule has 62 valence electrons. The van der Waals surface area contributed by atoms with E-state index in [1.165, 1.54) is 11.1 Å². The summed E-state index contributed by atoms with van der Waals surface area (Å²) in [4.78, 5) is 0. The molecule has 0 heteroatoms. The number of benzene rings is 2. The summed E-state index contributed by atoms with van der Waals surface area (Å²) in [5, 5.41) is 0. The maximum Gasteiger partial charge on any atom is -0.00196 e. The zero-order valence-electron chi connectivity index (χ0n) is 7.33. The average Bonchev–Trinajstić information content (AvgIpc) is 2.21. The Balaban J connectivity index is 2.16. The standard InChI is InChI=1S/C13H10/c1-3-7-12(8-4-1)11-13-9-5-2-6-10-13/h1,3-7,9-10H,11H2. The summed E-state index contributed by atoms with van der Waals surface area (Å²) < 4.78 is 0. The summed E-state index contributed by atoms with van der Waals surface area (Å²) in [5.74, 6) is 0. The van der Waals surface area contributed by atoms with Gasteiger partial charge in [0.1, 0.15) is 0 Å². The largest absolute Gasteiger partial charge is 0.0619 e. The van der Waals surface area contributed by atoms with Gasteiger partial charge in [-0.25, -0.2) is 0 Å². The fourth-order valence-electron chi connectivity index (χ4n) is 1.30. The average molecular weight is 166 g/mol. The van der Waals surface area contributed by atoms with Crippen molar-refractivity contribution in [3.8, 4) is 0 Å². The number of rotatable bonds is 2. The molecule has 2 aromatic rings. The van der Waals surface area contributed by atoms with Gasteiger partial charge in [-0.15, -0.1) is 0 Å². The molecule has 0 saturated carbocycles. The monoisotopic (exact) mass is 166 g/mol. The molecule has 0 nitrogen and oxygen atoms in total. The van der Waals surface area contributed by atoms with E-state index in [9.17, 15) is 0 Å². The first kappa shape index (κ1) is 8.06. The normalized spacial score (nSPS) is 9.85. The molecule has 0 spiro atoms. The summed E-state index contributed by atoms with van der Waals surface area (Å²) in [5.41, 5.74) is 2.54. The third-order valence-electron chi connectivity index (χ3n) is 1.96. The van der Waals surface area contributed by atoms with Gasteiger partial charge in [0.2, 0.25) is 0 Å². The predicted molar refractivity (Wildman–Crippen MR) is 53.4 cm³/mol. The molecule has 0 unspecified atom stereocenters. The van der Waals surface area contributed by atoms with Crippen LogP contribution in [-0.4, -0.2) is 0 Å². The highest BCUT2D eigenvalue weighted by Gasteiger charge is 1.93. The summed E-state index contributed by atoms with van der Waals surface area (Å²) in [6.45, 7) is 0. The third kappa shape index (κ3) is 2.19. The minimum absolute atomic E-state index is 0.954. The topological polar surface area (TPSA) is 0 Å². The van der Waals surface area contributed by atoms with Crippen molar-refractivity contribution in [2.75, 3.05) is 0 Å². The Hall–Kier alpha value is -1.56. The van der Waals surface area contributed by atoms with Crippen molar-refractivity contribution >= 4 is 0 Å². The van der Waals surface area contributed by atoms with Crippen LogP contribution in [0.4, 0.5) is 0 Å². The van der Waals surface area contributed by atoms with Crippen molar-refractivity contribution in [2.45, 2.75) is 6.42 Å². The Morgan fingerprint density at radius 2 is 1.77 bits per heavy atom. The molecule has 0 aliphatic heterocycles. The van der Waals surface area contributed by atoms with E-state index in [2.05, 4.69) is 30.3 Å². The SMILES string of the molecule is [c]1ccc(Cc2[c]cccc2)cc1. The second-order valence-electron chi connectivity index (χ2n) is 2.97. The fraction of sp³-hybridized carbons (Fsp3) is 0.0769. The van der Waals surface area contributed by atoms with E-state index in [0.29, 0.717) is 0 Å². The maximum atomic E-state index is 3.21. The Kier molecular flexibility index (Phi) is 2.42. The molecule has 0 amide bonds. The van der Waals surface area contributed by atoms with Crippen molar-refractivity contribution in [2.24, 2.45) is 0 Å². The fourth-order valence-corrected chi connectivity index (χ4v) is 1.30. The second kappa shape index (κ2) is 3.90. The van der Waals surface area contributed by atoms with E-state index in [-0.39, 0.29) is 0 Å². The highest BCUT2D eigenvalue weighted by molar-refractivity contribution is 5.24. The van der Waals surface area contributed by atoms with Crippen molar-refractivity contribution in [3.63, 3.8) is 0 Å². The lowest BCUT2D eigenvalue weighted by Gasteiger charge is -1.99. The molecule has 0 aliphatic rings. The molecule has 2 rings (SSSR count). The van der Waals surface area contributed by atoms with Crippen molar-refractivity contribution in [1.82, 2.24) is 0 Å². The van der Waals surface area contributed by atoms with Gasteiger partial charge in [0.25, 0.3) is 0 Å². The quantitative estimate of drug-likeness (QED) is 0.643. The lowest BCUT2D eigenvalue weighted by Crippen LogP contribution is -1.86. The highest BCUT2D eigenvalue weighted by Crippen LogP contribution is 2.07. The van der Waals surface area contributed by atoms with Gasteiger partial charge in [-0.1, -0.05) is 48.5 Å². The van der Waals surface area contributed by atoms with Crippen LogP contribution in [0.5, 0.6) is 0 Å². The Labute approximate surface area is 78.9 Å². The zero-order chi connectivity index (χ0) is 8.93. The Morgan fingerprint density at radius 1 is 0.923 bits per heavy atom. The lowest BCUT2D eigenvalue weighted by molar-refractivity contribution is 1.19. The molecule has 0 heterocycles. The lowest BCUT2D eigenvalue weighted by atomic mass is 10.1. The predicted octanol–water partition coefficient (Wildman–Crippen LogP) is 2.88. The molecular weight excluding hydrogens is 156 g/mol. The first-order valence-corrected chi connectivity index (χ1v) is 4.36. The molecule has 0 aromatic heterocycles. The minimum atomic E-state index is 0.954. The van der Waals surface area contributed by atoms with Crippen LogP contribution in [0.15, 0.2) is 48.5 Å². The molecule has 13 heavy (non-hydrogen) atoms. The van der Waals surface area contributed by atoms with Crippen LogP contribution < -0.4 is 0 Å². The molecular formula is C13H10.